The number of benzene rings is 3. The molecule has 0 unspecified atom stereocenters. The highest BCUT2D eigenvalue weighted by Crippen LogP contribution is 2.35. The largest absolute Gasteiger partial charge is 0.338 e. The summed E-state index contributed by atoms with van der Waals surface area (Å²) in [6.07, 6.45) is 0.347. The summed E-state index contributed by atoms with van der Waals surface area (Å²) in [5.41, 5.74) is 6.31. The van der Waals surface area contributed by atoms with E-state index in [1.165, 1.54) is 11.1 Å². The molecule has 1 heterocycles. The van der Waals surface area contributed by atoms with E-state index in [0.29, 0.717) is 33.4 Å². The molecule has 0 saturated carbocycles. The molecule has 1 aromatic heterocycles. The number of Topliss-reactive ketones (excluding diaryl/α,β-unsaturated/α-hetero) is 1. The monoisotopic (exact) mass is 492 g/mol. The van der Waals surface area contributed by atoms with Crippen LogP contribution in [-0.2, 0) is 17.3 Å². The van der Waals surface area contributed by atoms with Crippen LogP contribution in [0.2, 0.25) is 10.0 Å². The van der Waals surface area contributed by atoms with E-state index in [4.69, 9.17) is 23.2 Å². The predicted molar refractivity (Wildman–Crippen MR) is 143 cm³/mol. The van der Waals surface area contributed by atoms with Crippen molar-refractivity contribution in [2.75, 3.05) is 0 Å². The fourth-order valence-electron chi connectivity index (χ4n) is 4.24. The first-order valence-corrected chi connectivity index (χ1v) is 12.2. The number of nitrogens with one attached hydrogen (secondary N) is 1. The lowest BCUT2D eigenvalue weighted by molar-refractivity contribution is 0.0992. The number of halogens is 2. The summed E-state index contributed by atoms with van der Waals surface area (Å²) in [6.45, 7) is 13.1. The van der Waals surface area contributed by atoms with Crippen LogP contribution in [0.4, 0.5) is 0 Å². The van der Waals surface area contributed by atoms with Crippen molar-refractivity contribution >= 4 is 40.0 Å². The average Bonchev–Trinajstić information content (AvgIpc) is 3.14. The van der Waals surface area contributed by atoms with Crippen LogP contribution in [0.25, 0.3) is 22.4 Å². The van der Waals surface area contributed by atoms with Crippen molar-refractivity contribution in [2.24, 2.45) is 0 Å². The highest BCUT2D eigenvalue weighted by Gasteiger charge is 2.23. The van der Waals surface area contributed by atoms with E-state index in [0.717, 1.165) is 16.6 Å². The number of imidazole rings is 1. The van der Waals surface area contributed by atoms with Gasteiger partial charge in [0.25, 0.3) is 0 Å². The Kier molecular flexibility index (Phi) is 6.39. The summed E-state index contributed by atoms with van der Waals surface area (Å²) >= 11 is 12.7. The Labute approximate surface area is 211 Å². The van der Waals surface area contributed by atoms with Gasteiger partial charge in [-0.2, -0.15) is 0 Å². The van der Waals surface area contributed by atoms with E-state index in [1.807, 2.05) is 18.2 Å². The molecule has 0 spiro atoms. The number of carbonyl (C=O) groups excluding carboxylic acids is 1. The number of fused-ring (bicyclic) bond motifs is 1. The number of H-pyrrole nitrogens is 1. The SMILES string of the molecule is CC(C)(C)c1ccc(C(C)(C)C)c(CC(=O)c2ccc3nc(-c4c(Cl)cccc4Cl)[nH]c3c2)c1. The van der Waals surface area contributed by atoms with Crippen molar-refractivity contribution in [3.63, 3.8) is 0 Å². The van der Waals surface area contributed by atoms with Crippen LogP contribution >= 0.6 is 23.2 Å². The van der Waals surface area contributed by atoms with Gasteiger partial charge in [0.1, 0.15) is 5.82 Å². The zero-order valence-corrected chi connectivity index (χ0v) is 22.0. The minimum absolute atomic E-state index is 0.0133. The van der Waals surface area contributed by atoms with Crippen molar-refractivity contribution in [3.8, 4) is 11.4 Å². The molecule has 0 atom stereocenters. The van der Waals surface area contributed by atoms with Crippen molar-refractivity contribution < 1.29 is 4.79 Å². The third-order valence-electron chi connectivity index (χ3n) is 6.13. The molecule has 4 rings (SSSR count). The van der Waals surface area contributed by atoms with E-state index < -0.39 is 0 Å². The first kappa shape index (κ1) is 24.5. The van der Waals surface area contributed by atoms with E-state index in [9.17, 15) is 4.79 Å². The number of rotatable bonds is 4. The Morgan fingerprint density at radius 3 is 2.18 bits per heavy atom. The van der Waals surface area contributed by atoms with Crippen LogP contribution in [-0.4, -0.2) is 15.8 Å². The summed E-state index contributed by atoms with van der Waals surface area (Å²) in [4.78, 5) is 21.3. The molecule has 0 fully saturated rings. The highest BCUT2D eigenvalue weighted by atomic mass is 35.5. The summed E-state index contributed by atoms with van der Waals surface area (Å²) in [7, 11) is 0. The maximum Gasteiger partial charge on any atom is 0.167 e. The number of nitrogens with zero attached hydrogens (tertiary/aromatic N) is 1. The normalized spacial score (nSPS) is 12.4. The van der Waals surface area contributed by atoms with Crippen LogP contribution in [0.5, 0.6) is 0 Å². The van der Waals surface area contributed by atoms with E-state index in [1.54, 1.807) is 18.2 Å². The molecule has 0 saturated heterocycles. The lowest BCUT2D eigenvalue weighted by atomic mass is 9.78. The van der Waals surface area contributed by atoms with Crippen molar-refractivity contribution in [1.82, 2.24) is 9.97 Å². The second-order valence-electron chi connectivity index (χ2n) is 10.9. The van der Waals surface area contributed by atoms with Crippen LogP contribution in [0, 0.1) is 0 Å². The zero-order valence-electron chi connectivity index (χ0n) is 20.5. The number of hydrogen-bond donors (Lipinski definition) is 1. The van der Waals surface area contributed by atoms with Gasteiger partial charge in [-0.25, -0.2) is 4.98 Å². The quantitative estimate of drug-likeness (QED) is 0.290. The minimum Gasteiger partial charge on any atom is -0.338 e. The molecule has 0 aliphatic heterocycles. The van der Waals surface area contributed by atoms with Crippen LogP contribution in [0.3, 0.4) is 0 Å². The molecule has 1 N–H and O–H groups in total. The Morgan fingerprint density at radius 1 is 0.882 bits per heavy atom. The minimum atomic E-state index is -0.0531. The molecule has 0 radical (unpaired) electrons. The fourth-order valence-corrected chi connectivity index (χ4v) is 4.82. The van der Waals surface area contributed by atoms with Gasteiger partial charge in [0.2, 0.25) is 0 Å². The van der Waals surface area contributed by atoms with Crippen molar-refractivity contribution in [2.45, 2.75) is 58.8 Å². The predicted octanol–water partition coefficient (Wildman–Crippen LogP) is 8.56. The number of ketones is 1. The molecule has 0 amide bonds. The van der Waals surface area contributed by atoms with Gasteiger partial charge >= 0.3 is 0 Å². The number of hydrogen-bond acceptors (Lipinski definition) is 2. The van der Waals surface area contributed by atoms with Gasteiger partial charge in [-0.1, -0.05) is 89.0 Å². The first-order valence-electron chi connectivity index (χ1n) is 11.5. The second kappa shape index (κ2) is 8.87. The van der Waals surface area contributed by atoms with Crippen molar-refractivity contribution in [3.05, 3.63) is 86.9 Å². The number of aromatic amines is 1. The molecular formula is C29H30Cl2N2O. The Bertz CT molecular complexity index is 1370. The van der Waals surface area contributed by atoms with Gasteiger partial charge in [0.05, 0.1) is 26.6 Å². The third kappa shape index (κ3) is 4.92. The van der Waals surface area contributed by atoms with Gasteiger partial charge in [-0.3, -0.25) is 4.79 Å². The fraction of sp³-hybridized carbons (Fsp3) is 0.310. The van der Waals surface area contributed by atoms with E-state index >= 15 is 0 Å². The molecule has 0 aliphatic rings. The van der Waals surface area contributed by atoms with Crippen molar-refractivity contribution in [1.29, 1.82) is 0 Å². The smallest absolute Gasteiger partial charge is 0.167 e. The molecule has 0 aliphatic carbocycles. The maximum atomic E-state index is 13.4. The van der Waals surface area contributed by atoms with Gasteiger partial charge < -0.3 is 4.98 Å². The third-order valence-corrected chi connectivity index (χ3v) is 6.76. The standard InChI is InChI=1S/C29H30Cl2N2O/c1-28(2,3)19-11-12-20(29(4,5)6)18(14-19)16-25(34)17-10-13-23-24(15-17)33-27(32-23)26-21(30)8-7-9-22(26)31/h7-15H,16H2,1-6H3,(H,32,33). The van der Waals surface area contributed by atoms with Gasteiger partial charge in [0, 0.05) is 12.0 Å². The lowest BCUT2D eigenvalue weighted by Gasteiger charge is -2.26. The van der Waals surface area contributed by atoms with Gasteiger partial charge in [-0.05, 0) is 57.9 Å². The van der Waals surface area contributed by atoms with Gasteiger partial charge in [-0.15, -0.1) is 0 Å². The van der Waals surface area contributed by atoms with E-state index in [2.05, 4.69) is 69.7 Å². The summed E-state index contributed by atoms with van der Waals surface area (Å²) in [5.74, 6) is 0.661. The summed E-state index contributed by atoms with van der Waals surface area (Å²) in [5, 5.41) is 1.05. The zero-order chi connectivity index (χ0) is 24.8. The topological polar surface area (TPSA) is 45.8 Å². The Morgan fingerprint density at radius 2 is 1.56 bits per heavy atom. The molecule has 3 nitrogen and oxygen atoms in total. The van der Waals surface area contributed by atoms with Gasteiger partial charge in [0.15, 0.2) is 5.78 Å². The summed E-state index contributed by atoms with van der Waals surface area (Å²) in [6, 6.07) is 17.5. The molecule has 3 aromatic carbocycles. The molecular weight excluding hydrogens is 463 g/mol. The summed E-state index contributed by atoms with van der Waals surface area (Å²) < 4.78 is 0. The molecule has 176 valence electrons. The van der Waals surface area contributed by atoms with Crippen LogP contribution in [0.15, 0.2) is 54.6 Å². The second-order valence-corrected chi connectivity index (χ2v) is 11.7. The number of carbonyl (C=O) groups is 1. The maximum absolute atomic E-state index is 13.4. The average molecular weight is 493 g/mol. The van der Waals surface area contributed by atoms with E-state index in [-0.39, 0.29) is 16.6 Å². The number of aromatic nitrogens is 2. The molecule has 4 aromatic rings. The van der Waals surface area contributed by atoms with Crippen LogP contribution < -0.4 is 0 Å². The molecule has 0 bridgehead atoms. The Hall–Kier alpha value is -2.62. The first-order chi connectivity index (χ1) is 15.8. The molecule has 5 heteroatoms. The Balaban J connectivity index is 1.70. The molecule has 34 heavy (non-hydrogen) atoms. The van der Waals surface area contributed by atoms with Crippen LogP contribution in [0.1, 0.15) is 68.6 Å². The highest BCUT2D eigenvalue weighted by molar-refractivity contribution is 6.39. The lowest BCUT2D eigenvalue weighted by Crippen LogP contribution is -2.19.